The van der Waals surface area contributed by atoms with Gasteiger partial charge in [0.25, 0.3) is 0 Å². The van der Waals surface area contributed by atoms with Crippen molar-refractivity contribution in [1.29, 1.82) is 0 Å². The summed E-state index contributed by atoms with van der Waals surface area (Å²) in [6.07, 6.45) is 53.7. The molecule has 3 nitrogen and oxygen atoms in total. The van der Waals surface area contributed by atoms with Crippen molar-refractivity contribution in [2.75, 3.05) is 6.61 Å². The highest BCUT2D eigenvalue weighted by Crippen LogP contribution is 2.32. The summed E-state index contributed by atoms with van der Waals surface area (Å²) in [5.74, 6) is 0. The summed E-state index contributed by atoms with van der Waals surface area (Å²) in [7, 11) is 0. The van der Waals surface area contributed by atoms with E-state index in [4.69, 9.17) is 4.74 Å². The van der Waals surface area contributed by atoms with E-state index in [1.165, 1.54) is 205 Å². The molecule has 0 aliphatic rings. The van der Waals surface area contributed by atoms with Crippen LogP contribution in [0.15, 0.2) is 18.7 Å². The minimum Gasteiger partial charge on any atom is -0.356 e. The minimum absolute atomic E-state index is 0.197. The maximum Gasteiger partial charge on any atom is 0.145 e. The van der Waals surface area contributed by atoms with E-state index in [0.29, 0.717) is 0 Å². The van der Waals surface area contributed by atoms with E-state index in [9.17, 15) is 0 Å². The highest BCUT2D eigenvalue weighted by Gasteiger charge is 2.31. The van der Waals surface area contributed by atoms with Gasteiger partial charge in [-0.3, -0.25) is 0 Å². The molecule has 0 bridgehead atoms. The Labute approximate surface area is 283 Å². The molecule has 0 aliphatic carbocycles. The lowest BCUT2D eigenvalue weighted by atomic mass is 9.95. The maximum absolute atomic E-state index is 6.55. The molecule has 1 aromatic rings. The van der Waals surface area contributed by atoms with Crippen LogP contribution in [0.4, 0.5) is 0 Å². The predicted octanol–water partition coefficient (Wildman–Crippen LogP) is 14.9. The lowest BCUT2D eigenvalue weighted by molar-refractivity contribution is -0.118. The van der Waals surface area contributed by atoms with Gasteiger partial charge >= 0.3 is 0 Å². The molecule has 3 heteroatoms. The number of hydrogen-bond acceptors (Lipinski definition) is 2. The number of rotatable bonds is 37. The SMILES string of the molecule is CCCCCCCCCCCCCCCCCCC(CCCCCCCCCCCCCCCCCC)(OCC)n1ccnc1. The molecule has 0 fully saturated rings. The fourth-order valence-corrected chi connectivity index (χ4v) is 7.27. The van der Waals surface area contributed by atoms with Crippen molar-refractivity contribution in [2.45, 2.75) is 245 Å². The Balaban J connectivity index is 2.09. The van der Waals surface area contributed by atoms with Gasteiger partial charge in [-0.15, -0.1) is 0 Å². The molecule has 0 unspecified atom stereocenters. The molecular formula is C42H82N2O. The Bertz CT molecular complexity index is 636. The third-order valence-electron chi connectivity index (χ3n) is 10.2. The number of aromatic nitrogens is 2. The van der Waals surface area contributed by atoms with Crippen molar-refractivity contribution in [3.8, 4) is 0 Å². The quantitative estimate of drug-likeness (QED) is 0.0684. The molecule has 0 aliphatic heterocycles. The van der Waals surface area contributed by atoms with Crippen LogP contribution < -0.4 is 0 Å². The Morgan fingerprint density at radius 3 is 0.956 bits per heavy atom. The van der Waals surface area contributed by atoms with Crippen LogP contribution in [-0.4, -0.2) is 16.2 Å². The van der Waals surface area contributed by atoms with Gasteiger partial charge in [0, 0.05) is 19.0 Å². The van der Waals surface area contributed by atoms with E-state index in [1.807, 2.05) is 12.5 Å². The van der Waals surface area contributed by atoms with E-state index in [-0.39, 0.29) is 5.72 Å². The van der Waals surface area contributed by atoms with Crippen LogP contribution >= 0.6 is 0 Å². The van der Waals surface area contributed by atoms with E-state index in [0.717, 1.165) is 19.4 Å². The fourth-order valence-electron chi connectivity index (χ4n) is 7.27. The maximum atomic E-state index is 6.55. The van der Waals surface area contributed by atoms with Crippen LogP contribution in [0.3, 0.4) is 0 Å². The van der Waals surface area contributed by atoms with Gasteiger partial charge in [-0.25, -0.2) is 4.98 Å². The number of imidazole rings is 1. The molecule has 45 heavy (non-hydrogen) atoms. The summed E-state index contributed by atoms with van der Waals surface area (Å²) in [6.45, 7) is 7.54. The second kappa shape index (κ2) is 33.1. The Morgan fingerprint density at radius 1 is 0.422 bits per heavy atom. The molecule has 0 saturated heterocycles. The van der Waals surface area contributed by atoms with Gasteiger partial charge in [-0.1, -0.05) is 206 Å². The highest BCUT2D eigenvalue weighted by molar-refractivity contribution is 4.86. The first-order valence-electron chi connectivity index (χ1n) is 20.9. The Morgan fingerprint density at radius 2 is 0.711 bits per heavy atom. The third-order valence-corrected chi connectivity index (χ3v) is 10.2. The van der Waals surface area contributed by atoms with Crippen LogP contribution in [0.2, 0.25) is 0 Å². The standard InChI is InChI=1S/C42H82N2O/c1-4-7-9-11-13-15-17-19-21-23-25-27-29-31-33-35-37-42(45-6-3,44-40-39-43-41-44)38-36-34-32-30-28-26-24-22-20-18-16-14-12-10-8-5-2/h39-41H,4-38H2,1-3H3. The molecular weight excluding hydrogens is 548 g/mol. The van der Waals surface area contributed by atoms with Crippen LogP contribution in [0, 0.1) is 0 Å². The molecule has 1 aromatic heterocycles. The Kier molecular flexibility index (Phi) is 31.0. The molecule has 0 aromatic carbocycles. The average Bonchev–Trinajstić information content (AvgIpc) is 3.60. The van der Waals surface area contributed by atoms with Gasteiger partial charge in [0.15, 0.2) is 0 Å². The smallest absolute Gasteiger partial charge is 0.145 e. The summed E-state index contributed by atoms with van der Waals surface area (Å²) in [5, 5.41) is 0. The van der Waals surface area contributed by atoms with Crippen molar-refractivity contribution in [2.24, 2.45) is 0 Å². The largest absolute Gasteiger partial charge is 0.356 e. The topological polar surface area (TPSA) is 27.1 Å². The van der Waals surface area contributed by atoms with Crippen molar-refractivity contribution in [1.82, 2.24) is 9.55 Å². The first-order valence-corrected chi connectivity index (χ1v) is 20.9. The summed E-state index contributed by atoms with van der Waals surface area (Å²) in [4.78, 5) is 4.40. The first-order chi connectivity index (χ1) is 22.3. The van der Waals surface area contributed by atoms with Gasteiger partial charge in [0.05, 0.1) is 6.33 Å². The zero-order chi connectivity index (χ0) is 32.4. The van der Waals surface area contributed by atoms with Crippen molar-refractivity contribution >= 4 is 0 Å². The number of nitrogens with zero attached hydrogens (tertiary/aromatic N) is 2. The molecule has 0 atom stereocenters. The molecule has 1 heterocycles. The summed E-state index contributed by atoms with van der Waals surface area (Å²) in [6, 6.07) is 0. The van der Waals surface area contributed by atoms with Gasteiger partial charge in [0.1, 0.15) is 5.72 Å². The van der Waals surface area contributed by atoms with Crippen LogP contribution in [-0.2, 0) is 10.5 Å². The van der Waals surface area contributed by atoms with Gasteiger partial charge < -0.3 is 9.30 Å². The second-order valence-electron chi connectivity index (χ2n) is 14.5. The lowest BCUT2D eigenvalue weighted by Gasteiger charge is -2.35. The summed E-state index contributed by atoms with van der Waals surface area (Å²) in [5.41, 5.74) is -0.197. The normalized spacial score (nSPS) is 12.0. The predicted molar refractivity (Wildman–Crippen MR) is 200 cm³/mol. The minimum atomic E-state index is -0.197. The fraction of sp³-hybridized carbons (Fsp3) is 0.929. The van der Waals surface area contributed by atoms with Gasteiger partial charge in [-0.05, 0) is 32.6 Å². The van der Waals surface area contributed by atoms with Crippen molar-refractivity contribution < 1.29 is 4.74 Å². The van der Waals surface area contributed by atoms with Gasteiger partial charge in [-0.2, -0.15) is 0 Å². The van der Waals surface area contributed by atoms with Crippen molar-refractivity contribution in [3.05, 3.63) is 18.7 Å². The molecule has 0 saturated carbocycles. The van der Waals surface area contributed by atoms with E-state index in [2.05, 4.69) is 36.5 Å². The second-order valence-corrected chi connectivity index (χ2v) is 14.5. The lowest BCUT2D eigenvalue weighted by Crippen LogP contribution is -2.36. The monoisotopic (exact) mass is 631 g/mol. The summed E-state index contributed by atoms with van der Waals surface area (Å²) >= 11 is 0. The molecule has 1 rings (SSSR count). The molecule has 266 valence electrons. The molecule has 0 radical (unpaired) electrons. The average molecular weight is 631 g/mol. The van der Waals surface area contributed by atoms with E-state index < -0.39 is 0 Å². The zero-order valence-corrected chi connectivity index (χ0v) is 31.3. The molecule has 0 N–H and O–H groups in total. The Hall–Kier alpha value is -0.830. The molecule has 0 spiro atoms. The van der Waals surface area contributed by atoms with Gasteiger partial charge in [0.2, 0.25) is 0 Å². The number of ether oxygens (including phenoxy) is 1. The highest BCUT2D eigenvalue weighted by atomic mass is 16.5. The van der Waals surface area contributed by atoms with Crippen LogP contribution in [0.25, 0.3) is 0 Å². The summed E-state index contributed by atoms with van der Waals surface area (Å²) < 4.78 is 8.83. The molecule has 0 amide bonds. The third kappa shape index (κ3) is 24.9. The number of hydrogen-bond donors (Lipinski definition) is 0. The van der Waals surface area contributed by atoms with Crippen LogP contribution in [0.1, 0.15) is 239 Å². The van der Waals surface area contributed by atoms with E-state index >= 15 is 0 Å². The van der Waals surface area contributed by atoms with Crippen LogP contribution in [0.5, 0.6) is 0 Å². The van der Waals surface area contributed by atoms with E-state index in [1.54, 1.807) is 0 Å². The zero-order valence-electron chi connectivity index (χ0n) is 31.3. The van der Waals surface area contributed by atoms with Crippen molar-refractivity contribution in [3.63, 3.8) is 0 Å². The first kappa shape index (κ1) is 42.2. The number of unbranched alkanes of at least 4 members (excludes halogenated alkanes) is 30.